The van der Waals surface area contributed by atoms with Crippen molar-refractivity contribution in [2.24, 2.45) is 7.05 Å². The van der Waals surface area contributed by atoms with Gasteiger partial charge in [0.2, 0.25) is 5.88 Å². The van der Waals surface area contributed by atoms with Gasteiger partial charge in [-0.2, -0.15) is 10.2 Å². The number of aryl methyl sites for hydroxylation is 2. The van der Waals surface area contributed by atoms with Gasteiger partial charge in [-0.15, -0.1) is 0 Å². The van der Waals surface area contributed by atoms with E-state index < -0.39 is 11.4 Å². The van der Waals surface area contributed by atoms with E-state index in [-0.39, 0.29) is 17.0 Å². The average Bonchev–Trinajstić information content (AvgIpc) is 3.17. The zero-order valence-corrected chi connectivity index (χ0v) is 18.4. The molecule has 0 fully saturated rings. The lowest BCUT2D eigenvalue weighted by Gasteiger charge is -2.11. The van der Waals surface area contributed by atoms with Gasteiger partial charge in [-0.3, -0.25) is 9.20 Å². The number of nitrogens with zero attached hydrogens (tertiary/aromatic N) is 5. The van der Waals surface area contributed by atoms with Crippen LogP contribution in [0.25, 0.3) is 28.3 Å². The normalized spacial score (nSPS) is 11.6. The van der Waals surface area contributed by atoms with Gasteiger partial charge in [-0.1, -0.05) is 18.2 Å². The van der Waals surface area contributed by atoms with Gasteiger partial charge < -0.3 is 9.30 Å². The molecule has 0 atom stereocenters. The molecule has 0 N–H and O–H groups in total. The zero-order valence-electron chi connectivity index (χ0n) is 18.4. The summed E-state index contributed by atoms with van der Waals surface area (Å²) >= 11 is 0. The topological polar surface area (TPSA) is 85.2 Å². The maximum atomic E-state index is 13.5. The molecule has 0 aliphatic heterocycles. The van der Waals surface area contributed by atoms with E-state index in [1.165, 1.54) is 34.7 Å². The molecular weight excluding hydrogens is 433 g/mol. The molecule has 2 aromatic carbocycles. The number of fused-ring (bicyclic) bond motifs is 2. The van der Waals surface area contributed by atoms with Gasteiger partial charge in [0, 0.05) is 13.2 Å². The number of halogens is 1. The predicted molar refractivity (Wildman–Crippen MR) is 127 cm³/mol. The van der Waals surface area contributed by atoms with Crippen LogP contribution in [0.3, 0.4) is 0 Å². The molecule has 5 aromatic rings. The van der Waals surface area contributed by atoms with Crippen molar-refractivity contribution in [1.29, 1.82) is 5.26 Å². The van der Waals surface area contributed by atoms with Crippen molar-refractivity contribution < 1.29 is 9.13 Å². The fourth-order valence-corrected chi connectivity index (χ4v) is 3.79. The highest BCUT2D eigenvalue weighted by molar-refractivity contribution is 5.91. The lowest BCUT2D eigenvalue weighted by Crippen LogP contribution is -2.19. The van der Waals surface area contributed by atoms with Crippen LogP contribution in [0, 0.1) is 24.1 Å². The van der Waals surface area contributed by atoms with Crippen LogP contribution in [0.1, 0.15) is 17.0 Å². The Balaban J connectivity index is 1.75. The highest BCUT2D eigenvalue weighted by atomic mass is 19.1. The number of aromatic nitrogens is 4. The summed E-state index contributed by atoms with van der Waals surface area (Å²) in [5, 5.41) is 9.97. The summed E-state index contributed by atoms with van der Waals surface area (Å²) in [4.78, 5) is 22.6. The molecule has 0 amide bonds. The molecule has 5 rings (SSSR count). The van der Waals surface area contributed by atoms with E-state index in [1.807, 2.05) is 37.3 Å². The average molecular weight is 451 g/mol. The first-order chi connectivity index (χ1) is 16.5. The maximum absolute atomic E-state index is 13.5. The minimum atomic E-state index is -0.413. The number of ether oxygens (including phenoxy) is 1. The van der Waals surface area contributed by atoms with Gasteiger partial charge in [-0.05, 0) is 61.0 Å². The lowest BCUT2D eigenvalue weighted by atomic mass is 10.1. The van der Waals surface area contributed by atoms with Crippen LogP contribution >= 0.6 is 0 Å². The molecule has 0 saturated heterocycles. The summed E-state index contributed by atoms with van der Waals surface area (Å²) in [5.74, 6) is 0.313. The minimum absolute atomic E-state index is 0.0115. The molecular formula is C26H18FN5O2. The number of para-hydroxylation sites is 2. The monoisotopic (exact) mass is 451 g/mol. The summed E-state index contributed by atoms with van der Waals surface area (Å²) in [7, 11) is 1.81. The van der Waals surface area contributed by atoms with Crippen molar-refractivity contribution in [1.82, 2.24) is 18.9 Å². The van der Waals surface area contributed by atoms with Crippen molar-refractivity contribution in [2.45, 2.75) is 6.92 Å². The smallest absolute Gasteiger partial charge is 0.269 e. The molecule has 7 nitrogen and oxygen atoms in total. The van der Waals surface area contributed by atoms with E-state index in [0.29, 0.717) is 17.2 Å². The summed E-state index contributed by atoms with van der Waals surface area (Å²) in [5.41, 5.74) is 2.62. The van der Waals surface area contributed by atoms with E-state index >= 15 is 0 Å². The second-order valence-electron chi connectivity index (χ2n) is 7.73. The van der Waals surface area contributed by atoms with E-state index in [9.17, 15) is 14.4 Å². The van der Waals surface area contributed by atoms with Crippen molar-refractivity contribution in [3.8, 4) is 17.7 Å². The molecule has 34 heavy (non-hydrogen) atoms. The first-order valence-electron chi connectivity index (χ1n) is 10.5. The quantitative estimate of drug-likeness (QED) is 0.364. The number of rotatable bonds is 4. The van der Waals surface area contributed by atoms with Gasteiger partial charge in [0.25, 0.3) is 5.56 Å². The molecule has 0 radical (unpaired) electrons. The van der Waals surface area contributed by atoms with Crippen molar-refractivity contribution in [2.75, 3.05) is 0 Å². The number of hydrogen-bond acceptors (Lipinski definition) is 5. The molecule has 166 valence electrons. The highest BCUT2D eigenvalue weighted by Gasteiger charge is 2.18. The number of pyridine rings is 1. The predicted octanol–water partition coefficient (Wildman–Crippen LogP) is 4.89. The summed E-state index contributed by atoms with van der Waals surface area (Å²) < 4.78 is 22.5. The maximum Gasteiger partial charge on any atom is 0.269 e. The Morgan fingerprint density at radius 3 is 2.59 bits per heavy atom. The van der Waals surface area contributed by atoms with E-state index in [0.717, 1.165) is 16.6 Å². The second kappa shape index (κ2) is 8.30. The van der Waals surface area contributed by atoms with E-state index in [2.05, 4.69) is 16.0 Å². The Morgan fingerprint density at radius 2 is 1.85 bits per heavy atom. The standard InChI is InChI=1S/C26H18FN5O2/c1-16-6-5-13-32-23(16)30-25(34-19-11-9-18(27)10-12-19)20(26(32)33)14-17(15-28)24-29-21-7-3-4-8-22(21)31(24)2/h3-14H,1-2H3/b17-14+. The number of allylic oxidation sites excluding steroid dienone is 1. The second-order valence-corrected chi connectivity index (χ2v) is 7.73. The van der Waals surface area contributed by atoms with Crippen LogP contribution in [-0.2, 0) is 7.05 Å². The SMILES string of the molecule is Cc1cccn2c(=O)c(/C=C(\C#N)c3nc4ccccc4n3C)c(Oc3ccc(F)cc3)nc12. The Morgan fingerprint density at radius 1 is 1.09 bits per heavy atom. The fourth-order valence-electron chi connectivity index (χ4n) is 3.79. The molecule has 3 heterocycles. The molecule has 0 bridgehead atoms. The van der Waals surface area contributed by atoms with Crippen LogP contribution in [0.15, 0.2) is 71.7 Å². The first kappa shape index (κ1) is 21.1. The van der Waals surface area contributed by atoms with E-state index in [4.69, 9.17) is 4.74 Å². The van der Waals surface area contributed by atoms with Gasteiger partial charge in [-0.25, -0.2) is 9.37 Å². The molecule has 0 spiro atoms. The number of benzene rings is 2. The summed E-state index contributed by atoms with van der Waals surface area (Å²) in [6.07, 6.45) is 3.04. The van der Waals surface area contributed by atoms with Gasteiger partial charge >= 0.3 is 0 Å². The number of imidazole rings is 1. The van der Waals surface area contributed by atoms with Crippen LogP contribution in [0.4, 0.5) is 4.39 Å². The van der Waals surface area contributed by atoms with Crippen LogP contribution in [0.5, 0.6) is 11.6 Å². The molecule has 0 aliphatic carbocycles. The van der Waals surface area contributed by atoms with Gasteiger partial charge in [0.15, 0.2) is 5.82 Å². The molecule has 0 aliphatic rings. The highest BCUT2D eigenvalue weighted by Crippen LogP contribution is 2.27. The van der Waals surface area contributed by atoms with Crippen LogP contribution in [-0.4, -0.2) is 18.9 Å². The van der Waals surface area contributed by atoms with Gasteiger partial charge in [0.1, 0.15) is 28.8 Å². The van der Waals surface area contributed by atoms with E-state index in [1.54, 1.807) is 23.9 Å². The zero-order chi connectivity index (χ0) is 23.8. The van der Waals surface area contributed by atoms with Gasteiger partial charge in [0.05, 0.1) is 16.6 Å². The molecule has 0 unspecified atom stereocenters. The van der Waals surface area contributed by atoms with Crippen LogP contribution in [0.2, 0.25) is 0 Å². The summed E-state index contributed by atoms with van der Waals surface area (Å²) in [6.45, 7) is 1.83. The minimum Gasteiger partial charge on any atom is -0.438 e. The molecule has 3 aromatic heterocycles. The van der Waals surface area contributed by atoms with Crippen molar-refractivity contribution in [3.05, 3.63) is 100.0 Å². The third-order valence-corrected chi connectivity index (χ3v) is 5.51. The van der Waals surface area contributed by atoms with Crippen molar-refractivity contribution >= 4 is 28.3 Å². The Bertz CT molecular complexity index is 1690. The fraction of sp³-hybridized carbons (Fsp3) is 0.0769. The summed E-state index contributed by atoms with van der Waals surface area (Å²) in [6, 6.07) is 18.6. The number of hydrogen-bond donors (Lipinski definition) is 0. The Kier molecular flexibility index (Phi) is 5.15. The number of nitriles is 1. The molecule has 8 heteroatoms. The Labute approximate surface area is 193 Å². The van der Waals surface area contributed by atoms with Crippen molar-refractivity contribution in [3.63, 3.8) is 0 Å². The third-order valence-electron chi connectivity index (χ3n) is 5.51. The largest absolute Gasteiger partial charge is 0.438 e. The Hall–Kier alpha value is -4.77. The third kappa shape index (κ3) is 3.59. The first-order valence-corrected chi connectivity index (χ1v) is 10.5. The molecule has 0 saturated carbocycles. The lowest BCUT2D eigenvalue weighted by molar-refractivity contribution is 0.459. The van der Waals surface area contributed by atoms with Crippen LogP contribution < -0.4 is 10.3 Å².